The third-order valence-corrected chi connectivity index (χ3v) is 3.89. The second-order valence-corrected chi connectivity index (χ2v) is 5.70. The molecular weight excluding hydrogens is 282 g/mol. The van der Waals surface area contributed by atoms with E-state index in [2.05, 4.69) is 13.8 Å². The molecule has 0 saturated heterocycles. The first-order valence-electron chi connectivity index (χ1n) is 8.20. The largest absolute Gasteiger partial charge is 0.490 e. The van der Waals surface area contributed by atoms with Crippen molar-refractivity contribution in [1.29, 1.82) is 0 Å². The van der Waals surface area contributed by atoms with E-state index in [9.17, 15) is 8.78 Å². The van der Waals surface area contributed by atoms with Crippen LogP contribution in [0.15, 0.2) is 24.3 Å². The minimum atomic E-state index is -0.492. The number of hydrogen-bond acceptors (Lipinski definition) is 1. The smallest absolute Gasteiger partial charge is 0.165 e. The van der Waals surface area contributed by atoms with Gasteiger partial charge in [0.2, 0.25) is 0 Å². The Bertz CT molecular complexity index is 614. The minimum Gasteiger partial charge on any atom is -0.490 e. The monoisotopic (exact) mass is 306 g/mol. The first kappa shape index (κ1) is 16.7. The number of unbranched alkanes of at least 4 members (excludes halogenated alkanes) is 3. The Labute approximate surface area is 131 Å². The summed E-state index contributed by atoms with van der Waals surface area (Å²) in [6.45, 7) is 4.65. The zero-order chi connectivity index (χ0) is 15.9. The third-order valence-electron chi connectivity index (χ3n) is 3.89. The molecule has 3 heteroatoms. The van der Waals surface area contributed by atoms with Crippen LogP contribution in [0.5, 0.6) is 5.75 Å². The molecule has 0 amide bonds. The molecule has 0 aliphatic carbocycles. The number of hydrogen-bond donors (Lipinski definition) is 0. The van der Waals surface area contributed by atoms with Crippen molar-refractivity contribution < 1.29 is 13.5 Å². The normalized spacial score (nSPS) is 11.1. The van der Waals surface area contributed by atoms with Gasteiger partial charge in [-0.2, -0.15) is 0 Å². The average molecular weight is 306 g/mol. The topological polar surface area (TPSA) is 9.23 Å². The van der Waals surface area contributed by atoms with Crippen LogP contribution in [0.2, 0.25) is 0 Å². The second kappa shape index (κ2) is 8.11. The van der Waals surface area contributed by atoms with E-state index in [1.54, 1.807) is 12.1 Å². The van der Waals surface area contributed by atoms with Crippen molar-refractivity contribution in [3.8, 4) is 5.75 Å². The molecule has 2 rings (SSSR count). The molecule has 0 radical (unpaired) electrons. The minimum absolute atomic E-state index is 0.207. The third kappa shape index (κ3) is 3.96. The van der Waals surface area contributed by atoms with Crippen LogP contribution in [0.3, 0.4) is 0 Å². The second-order valence-electron chi connectivity index (χ2n) is 5.70. The fourth-order valence-corrected chi connectivity index (χ4v) is 2.53. The summed E-state index contributed by atoms with van der Waals surface area (Å²) in [5.74, 6) is -0.583. The summed E-state index contributed by atoms with van der Waals surface area (Å²) in [6.07, 6.45) is 5.71. The Hall–Kier alpha value is -1.64. The van der Waals surface area contributed by atoms with Crippen LogP contribution in [-0.2, 0) is 6.42 Å². The summed E-state index contributed by atoms with van der Waals surface area (Å²) in [4.78, 5) is 0. The van der Waals surface area contributed by atoms with Crippen LogP contribution in [0.1, 0.15) is 51.5 Å². The highest BCUT2D eigenvalue weighted by molar-refractivity contribution is 5.85. The van der Waals surface area contributed by atoms with Gasteiger partial charge in [-0.15, -0.1) is 0 Å². The number of fused-ring (bicyclic) bond motifs is 1. The molecule has 2 aromatic rings. The predicted octanol–water partition coefficient (Wildman–Crippen LogP) is 6.03. The van der Waals surface area contributed by atoms with Crippen molar-refractivity contribution in [3.05, 3.63) is 41.5 Å². The van der Waals surface area contributed by atoms with Crippen molar-refractivity contribution in [2.45, 2.75) is 52.4 Å². The maximum absolute atomic E-state index is 14.5. The molecule has 0 aliphatic heterocycles. The van der Waals surface area contributed by atoms with Crippen molar-refractivity contribution in [2.75, 3.05) is 6.61 Å². The number of aryl methyl sites for hydroxylation is 1. The van der Waals surface area contributed by atoms with Gasteiger partial charge in [0, 0.05) is 5.39 Å². The molecular formula is C19H24F2O. The molecule has 1 nitrogen and oxygen atoms in total. The summed E-state index contributed by atoms with van der Waals surface area (Å²) in [5.41, 5.74) is 0.667. The van der Waals surface area contributed by atoms with Crippen LogP contribution >= 0.6 is 0 Å². The first-order valence-corrected chi connectivity index (χ1v) is 8.20. The highest BCUT2D eigenvalue weighted by Gasteiger charge is 2.12. The molecule has 0 heterocycles. The van der Waals surface area contributed by atoms with Crippen molar-refractivity contribution in [1.82, 2.24) is 0 Å². The Morgan fingerprint density at radius 1 is 0.955 bits per heavy atom. The van der Waals surface area contributed by atoms with Crippen LogP contribution in [0.4, 0.5) is 8.78 Å². The quantitative estimate of drug-likeness (QED) is 0.541. The van der Waals surface area contributed by atoms with Gasteiger partial charge in [0.15, 0.2) is 11.6 Å². The van der Waals surface area contributed by atoms with Gasteiger partial charge in [0.25, 0.3) is 0 Å². The standard InChI is InChI=1S/C19H24F2O/c1-3-5-7-8-14-9-10-15-12-18(22-11-6-4-2)17(20)13-16(15)19(14)21/h9-10,12-13H,3-8,11H2,1-2H3. The summed E-state index contributed by atoms with van der Waals surface area (Å²) in [6, 6.07) is 6.52. The molecule has 2 aromatic carbocycles. The van der Waals surface area contributed by atoms with Crippen LogP contribution in [0.25, 0.3) is 10.8 Å². The van der Waals surface area contributed by atoms with E-state index in [-0.39, 0.29) is 11.6 Å². The molecule has 120 valence electrons. The highest BCUT2D eigenvalue weighted by Crippen LogP contribution is 2.29. The van der Waals surface area contributed by atoms with Gasteiger partial charge in [0.1, 0.15) is 5.82 Å². The highest BCUT2D eigenvalue weighted by atomic mass is 19.1. The Kier molecular flexibility index (Phi) is 6.17. The Morgan fingerprint density at radius 3 is 2.45 bits per heavy atom. The Morgan fingerprint density at radius 2 is 1.73 bits per heavy atom. The van der Waals surface area contributed by atoms with Crippen LogP contribution in [-0.4, -0.2) is 6.61 Å². The van der Waals surface area contributed by atoms with Gasteiger partial charge in [-0.1, -0.05) is 45.2 Å². The summed E-state index contributed by atoms with van der Waals surface area (Å²) < 4.78 is 34.0. The van der Waals surface area contributed by atoms with Gasteiger partial charge in [-0.05, 0) is 42.3 Å². The zero-order valence-electron chi connectivity index (χ0n) is 13.4. The molecule has 0 aromatic heterocycles. The van der Waals surface area contributed by atoms with Gasteiger partial charge in [-0.25, -0.2) is 8.78 Å². The van der Waals surface area contributed by atoms with E-state index in [4.69, 9.17) is 4.74 Å². The molecule has 0 spiro atoms. The Balaban J connectivity index is 2.25. The molecule has 0 N–H and O–H groups in total. The predicted molar refractivity (Wildman–Crippen MR) is 87.5 cm³/mol. The van der Waals surface area contributed by atoms with E-state index in [0.717, 1.165) is 32.1 Å². The van der Waals surface area contributed by atoms with Crippen LogP contribution in [0, 0.1) is 11.6 Å². The summed E-state index contributed by atoms with van der Waals surface area (Å²) >= 11 is 0. The lowest BCUT2D eigenvalue weighted by Crippen LogP contribution is -1.99. The molecule has 0 atom stereocenters. The van der Waals surface area contributed by atoms with Gasteiger partial charge in [0.05, 0.1) is 6.61 Å². The first-order chi connectivity index (χ1) is 10.7. The van der Waals surface area contributed by atoms with E-state index in [0.29, 0.717) is 29.4 Å². The summed E-state index contributed by atoms with van der Waals surface area (Å²) in [5, 5.41) is 1.03. The molecule has 22 heavy (non-hydrogen) atoms. The van der Waals surface area contributed by atoms with E-state index in [1.807, 2.05) is 6.07 Å². The SMILES string of the molecule is CCCCCc1ccc2cc(OCCCC)c(F)cc2c1F. The van der Waals surface area contributed by atoms with E-state index in [1.165, 1.54) is 6.07 Å². The zero-order valence-corrected chi connectivity index (χ0v) is 13.4. The van der Waals surface area contributed by atoms with Gasteiger partial charge >= 0.3 is 0 Å². The summed E-state index contributed by atoms with van der Waals surface area (Å²) in [7, 11) is 0. The number of ether oxygens (including phenoxy) is 1. The van der Waals surface area contributed by atoms with Crippen LogP contribution < -0.4 is 4.74 Å². The molecule has 0 saturated carbocycles. The maximum atomic E-state index is 14.5. The number of rotatable bonds is 8. The fourth-order valence-electron chi connectivity index (χ4n) is 2.53. The molecule has 0 aliphatic rings. The average Bonchev–Trinajstić information content (AvgIpc) is 2.51. The molecule has 0 unspecified atom stereocenters. The van der Waals surface area contributed by atoms with E-state index >= 15 is 0 Å². The van der Waals surface area contributed by atoms with Crippen molar-refractivity contribution >= 4 is 10.8 Å². The van der Waals surface area contributed by atoms with Gasteiger partial charge < -0.3 is 4.74 Å². The molecule has 0 fully saturated rings. The maximum Gasteiger partial charge on any atom is 0.165 e. The number of halogens is 2. The lowest BCUT2D eigenvalue weighted by atomic mass is 10.0. The lowest BCUT2D eigenvalue weighted by molar-refractivity contribution is 0.295. The number of benzene rings is 2. The lowest BCUT2D eigenvalue weighted by Gasteiger charge is -2.10. The molecule has 0 bridgehead atoms. The van der Waals surface area contributed by atoms with E-state index < -0.39 is 5.82 Å². The fraction of sp³-hybridized carbons (Fsp3) is 0.474. The van der Waals surface area contributed by atoms with Crippen molar-refractivity contribution in [3.63, 3.8) is 0 Å². The van der Waals surface area contributed by atoms with Gasteiger partial charge in [-0.3, -0.25) is 0 Å². The van der Waals surface area contributed by atoms with Crippen molar-refractivity contribution in [2.24, 2.45) is 0 Å².